The van der Waals surface area contributed by atoms with Gasteiger partial charge < -0.3 is 15.2 Å². The van der Waals surface area contributed by atoms with Crippen molar-refractivity contribution in [2.75, 3.05) is 19.8 Å². The van der Waals surface area contributed by atoms with Crippen LogP contribution in [-0.4, -0.2) is 36.9 Å². The number of halogens is 1. The van der Waals surface area contributed by atoms with Gasteiger partial charge in [0.15, 0.2) is 0 Å². The van der Waals surface area contributed by atoms with Gasteiger partial charge in [0.05, 0.1) is 21.4 Å². The van der Waals surface area contributed by atoms with Crippen LogP contribution in [0.25, 0.3) is 0 Å². The molecule has 1 unspecified atom stereocenters. The Bertz CT molecular complexity index is 381. The highest BCUT2D eigenvalue weighted by atomic mass is 79.9. The number of ether oxygens (including phenoxy) is 1. The van der Waals surface area contributed by atoms with E-state index in [1.807, 2.05) is 19.9 Å². The standard InChI is InChI=1S/C12H18BrNO3S/c1-8(2)6-17-7-9(15)5-14-12(16)10-3-4-11(13)18-10/h3-4,8-9,15H,5-7H2,1-2H3,(H,14,16). The quantitative estimate of drug-likeness (QED) is 0.803. The summed E-state index contributed by atoms with van der Waals surface area (Å²) in [6.45, 7) is 5.15. The van der Waals surface area contributed by atoms with Crippen molar-refractivity contribution in [3.63, 3.8) is 0 Å². The van der Waals surface area contributed by atoms with Crippen LogP contribution in [0.1, 0.15) is 23.5 Å². The molecule has 0 aliphatic carbocycles. The third-order valence-corrected chi connectivity index (χ3v) is 3.68. The van der Waals surface area contributed by atoms with Gasteiger partial charge in [0.2, 0.25) is 0 Å². The maximum absolute atomic E-state index is 11.7. The third kappa shape index (κ3) is 5.95. The molecular weight excluding hydrogens is 318 g/mol. The predicted molar refractivity (Wildman–Crippen MR) is 76.0 cm³/mol. The minimum absolute atomic E-state index is 0.173. The Balaban J connectivity index is 2.22. The average Bonchev–Trinajstić information content (AvgIpc) is 2.72. The topological polar surface area (TPSA) is 58.6 Å². The largest absolute Gasteiger partial charge is 0.389 e. The lowest BCUT2D eigenvalue weighted by atomic mass is 10.2. The molecule has 0 saturated heterocycles. The minimum Gasteiger partial charge on any atom is -0.389 e. The number of thiophene rings is 1. The van der Waals surface area contributed by atoms with Gasteiger partial charge in [0.25, 0.3) is 5.91 Å². The van der Waals surface area contributed by atoms with Gasteiger partial charge in [-0.3, -0.25) is 4.79 Å². The van der Waals surface area contributed by atoms with Crippen LogP contribution >= 0.6 is 27.3 Å². The van der Waals surface area contributed by atoms with Gasteiger partial charge in [-0.2, -0.15) is 0 Å². The molecule has 1 atom stereocenters. The van der Waals surface area contributed by atoms with Gasteiger partial charge in [-0.1, -0.05) is 13.8 Å². The number of carbonyl (C=O) groups is 1. The lowest BCUT2D eigenvalue weighted by Crippen LogP contribution is -2.34. The van der Waals surface area contributed by atoms with Gasteiger partial charge >= 0.3 is 0 Å². The first kappa shape index (κ1) is 15.6. The van der Waals surface area contributed by atoms with Crippen LogP contribution in [0.5, 0.6) is 0 Å². The van der Waals surface area contributed by atoms with Gasteiger partial charge in [-0.05, 0) is 34.0 Å². The Morgan fingerprint density at radius 2 is 2.22 bits per heavy atom. The second-order valence-electron chi connectivity index (χ2n) is 4.40. The molecule has 0 spiro atoms. The predicted octanol–water partition coefficient (Wildman–Crippen LogP) is 2.27. The van der Waals surface area contributed by atoms with E-state index in [9.17, 15) is 9.90 Å². The van der Waals surface area contributed by atoms with Crippen molar-refractivity contribution in [1.29, 1.82) is 0 Å². The van der Waals surface area contributed by atoms with Gasteiger partial charge in [-0.25, -0.2) is 0 Å². The highest BCUT2D eigenvalue weighted by molar-refractivity contribution is 9.11. The van der Waals surface area contributed by atoms with E-state index in [4.69, 9.17) is 4.74 Å². The van der Waals surface area contributed by atoms with E-state index in [0.29, 0.717) is 17.4 Å². The van der Waals surface area contributed by atoms with Crippen molar-refractivity contribution in [2.24, 2.45) is 5.92 Å². The first-order valence-corrected chi connectivity index (χ1v) is 7.39. The summed E-state index contributed by atoms with van der Waals surface area (Å²) in [4.78, 5) is 12.3. The number of carbonyl (C=O) groups excluding carboxylic acids is 1. The molecule has 4 nitrogen and oxygen atoms in total. The Labute approximate surface area is 119 Å². The lowest BCUT2D eigenvalue weighted by Gasteiger charge is -2.13. The zero-order valence-electron chi connectivity index (χ0n) is 10.5. The smallest absolute Gasteiger partial charge is 0.261 e. The number of hydrogen-bond donors (Lipinski definition) is 2. The van der Waals surface area contributed by atoms with Gasteiger partial charge in [0.1, 0.15) is 0 Å². The summed E-state index contributed by atoms with van der Waals surface area (Å²) in [5, 5.41) is 12.3. The molecule has 1 amide bonds. The number of amides is 1. The fraction of sp³-hybridized carbons (Fsp3) is 0.583. The second kappa shape index (κ2) is 7.89. The molecule has 18 heavy (non-hydrogen) atoms. The molecule has 2 N–H and O–H groups in total. The summed E-state index contributed by atoms with van der Waals surface area (Å²) in [7, 11) is 0. The van der Waals surface area contributed by atoms with Crippen molar-refractivity contribution < 1.29 is 14.6 Å². The molecular formula is C12H18BrNO3S. The molecule has 102 valence electrons. The number of rotatable bonds is 7. The molecule has 6 heteroatoms. The highest BCUT2D eigenvalue weighted by Gasteiger charge is 2.11. The van der Waals surface area contributed by atoms with Crippen molar-refractivity contribution in [1.82, 2.24) is 5.32 Å². The monoisotopic (exact) mass is 335 g/mol. The number of aliphatic hydroxyl groups is 1. The number of hydrogen-bond acceptors (Lipinski definition) is 4. The van der Waals surface area contributed by atoms with Gasteiger partial charge in [0, 0.05) is 13.2 Å². The Morgan fingerprint density at radius 1 is 1.50 bits per heavy atom. The Kier molecular flexibility index (Phi) is 6.85. The molecule has 0 aromatic carbocycles. The minimum atomic E-state index is -0.670. The maximum atomic E-state index is 11.7. The van der Waals surface area contributed by atoms with Gasteiger partial charge in [-0.15, -0.1) is 11.3 Å². The Hall–Kier alpha value is -0.430. The summed E-state index contributed by atoms with van der Waals surface area (Å²) in [5.41, 5.74) is 0. The molecule has 1 aromatic heterocycles. The Morgan fingerprint density at radius 3 is 2.78 bits per heavy atom. The first-order valence-electron chi connectivity index (χ1n) is 5.78. The van der Waals surface area contributed by atoms with Crippen LogP contribution in [0.2, 0.25) is 0 Å². The number of nitrogens with one attached hydrogen (secondary N) is 1. The average molecular weight is 336 g/mol. The van der Waals surface area contributed by atoms with Crippen molar-refractivity contribution in [3.8, 4) is 0 Å². The molecule has 0 aliphatic heterocycles. The summed E-state index contributed by atoms with van der Waals surface area (Å²) in [6.07, 6.45) is -0.670. The summed E-state index contributed by atoms with van der Waals surface area (Å²) >= 11 is 4.66. The summed E-state index contributed by atoms with van der Waals surface area (Å²) in [5.74, 6) is 0.267. The molecule has 1 aromatic rings. The lowest BCUT2D eigenvalue weighted by molar-refractivity contribution is 0.0259. The van der Waals surface area contributed by atoms with E-state index in [0.717, 1.165) is 3.79 Å². The van der Waals surface area contributed by atoms with E-state index in [-0.39, 0.29) is 19.1 Å². The van der Waals surface area contributed by atoms with Crippen LogP contribution < -0.4 is 5.32 Å². The fourth-order valence-electron chi connectivity index (χ4n) is 1.23. The van der Waals surface area contributed by atoms with Crippen molar-refractivity contribution in [2.45, 2.75) is 20.0 Å². The first-order chi connectivity index (χ1) is 8.49. The van der Waals surface area contributed by atoms with Crippen LogP contribution in [0.3, 0.4) is 0 Å². The second-order valence-corrected chi connectivity index (χ2v) is 6.86. The molecule has 0 saturated carbocycles. The maximum Gasteiger partial charge on any atom is 0.261 e. The number of aliphatic hydroxyl groups excluding tert-OH is 1. The van der Waals surface area contributed by atoms with E-state index in [1.165, 1.54) is 11.3 Å². The van der Waals surface area contributed by atoms with Crippen molar-refractivity contribution in [3.05, 3.63) is 20.8 Å². The van der Waals surface area contributed by atoms with Crippen molar-refractivity contribution >= 4 is 33.2 Å². The summed E-state index contributed by atoms with van der Waals surface area (Å²) in [6, 6.07) is 3.56. The van der Waals surface area contributed by atoms with Crippen LogP contribution in [0.4, 0.5) is 0 Å². The van der Waals surface area contributed by atoms with Crippen LogP contribution in [0, 0.1) is 5.92 Å². The van der Waals surface area contributed by atoms with Crippen LogP contribution in [-0.2, 0) is 4.74 Å². The highest BCUT2D eigenvalue weighted by Crippen LogP contribution is 2.21. The van der Waals surface area contributed by atoms with Crippen LogP contribution in [0.15, 0.2) is 15.9 Å². The summed E-state index contributed by atoms with van der Waals surface area (Å²) < 4.78 is 6.20. The zero-order valence-corrected chi connectivity index (χ0v) is 12.9. The molecule has 0 bridgehead atoms. The molecule has 0 radical (unpaired) electrons. The normalized spacial score (nSPS) is 12.7. The molecule has 1 rings (SSSR count). The molecule has 1 heterocycles. The van der Waals surface area contributed by atoms with E-state index >= 15 is 0 Å². The van der Waals surface area contributed by atoms with E-state index in [2.05, 4.69) is 21.2 Å². The third-order valence-electron chi connectivity index (χ3n) is 2.06. The van der Waals surface area contributed by atoms with E-state index in [1.54, 1.807) is 6.07 Å². The molecule has 0 aliphatic rings. The zero-order chi connectivity index (χ0) is 13.5. The van der Waals surface area contributed by atoms with E-state index < -0.39 is 6.10 Å². The molecule has 0 fully saturated rings. The fourth-order valence-corrected chi connectivity index (χ4v) is 2.54. The SMILES string of the molecule is CC(C)COCC(O)CNC(=O)c1ccc(Br)s1.